The molecule has 3 aromatic rings. The number of amides is 1. The minimum atomic E-state index is -0.571. The minimum absolute atomic E-state index is 0.0629. The van der Waals surface area contributed by atoms with Crippen LogP contribution in [0.25, 0.3) is 10.9 Å². The lowest BCUT2D eigenvalue weighted by molar-refractivity contribution is 0.0949. The molecule has 6 nitrogen and oxygen atoms in total. The van der Waals surface area contributed by atoms with Gasteiger partial charge in [0.05, 0.1) is 21.6 Å². The largest absolute Gasteiger partial charge is 0.365 e. The Kier molecular flexibility index (Phi) is 6.94. The van der Waals surface area contributed by atoms with E-state index < -0.39 is 17.2 Å². The van der Waals surface area contributed by atoms with Gasteiger partial charge in [-0.2, -0.15) is 0 Å². The zero-order chi connectivity index (χ0) is 25.7. The molecular formula is C26H26Cl3FN4O2. The summed E-state index contributed by atoms with van der Waals surface area (Å²) in [5.41, 5.74) is 0.809. The van der Waals surface area contributed by atoms with Gasteiger partial charge in [0.2, 0.25) is 5.43 Å². The Morgan fingerprint density at radius 1 is 1.14 bits per heavy atom. The highest BCUT2D eigenvalue weighted by atomic mass is 35.5. The summed E-state index contributed by atoms with van der Waals surface area (Å²) in [6.07, 6.45) is 3.34. The third kappa shape index (κ3) is 4.82. The second kappa shape index (κ2) is 9.86. The van der Waals surface area contributed by atoms with Gasteiger partial charge in [-0.1, -0.05) is 40.9 Å². The molecule has 0 spiro atoms. The predicted octanol–water partition coefficient (Wildman–Crippen LogP) is 5.55. The van der Waals surface area contributed by atoms with Crippen LogP contribution in [0.1, 0.15) is 48.7 Å². The third-order valence-corrected chi connectivity index (χ3v) is 7.64. The molecule has 2 heterocycles. The molecule has 1 aliphatic heterocycles. The minimum Gasteiger partial charge on any atom is -0.365 e. The molecule has 1 saturated carbocycles. The number of carbonyl (C=O) groups is 1. The number of anilines is 1. The lowest BCUT2D eigenvalue weighted by Crippen LogP contribution is -2.54. The maximum absolute atomic E-state index is 15.5. The molecule has 0 bridgehead atoms. The number of nitrogens with zero attached hydrogens (tertiary/aromatic N) is 2. The van der Waals surface area contributed by atoms with Gasteiger partial charge in [0.15, 0.2) is 0 Å². The fourth-order valence-corrected chi connectivity index (χ4v) is 5.85. The average Bonchev–Trinajstić information content (AvgIpc) is 3.64. The van der Waals surface area contributed by atoms with Gasteiger partial charge in [0.1, 0.15) is 11.4 Å². The van der Waals surface area contributed by atoms with Crippen molar-refractivity contribution in [3.8, 4) is 0 Å². The van der Waals surface area contributed by atoms with Crippen LogP contribution in [0.2, 0.25) is 15.1 Å². The zero-order valence-corrected chi connectivity index (χ0v) is 22.1. The summed E-state index contributed by atoms with van der Waals surface area (Å²) in [5, 5.41) is 7.38. The van der Waals surface area contributed by atoms with Crippen molar-refractivity contribution in [3.63, 3.8) is 0 Å². The standard InChI is InChI=1S/C26H26Cl3FN4O2/c1-13-10-33(11-14(2)32-13)24-21(30)8-18-23(22(24)29)34(17-5-6-17)12-19(25(18)35)26(36)31-9-15-3-4-16(27)7-20(15)28/h3-4,7-8,12-14,17,32H,5-6,9-11H2,1-2H3,(H,31,36)/t13-,14+. The normalized spacial score (nSPS) is 20.1. The Morgan fingerprint density at radius 3 is 2.47 bits per heavy atom. The maximum atomic E-state index is 15.5. The van der Waals surface area contributed by atoms with Crippen LogP contribution in [0.5, 0.6) is 0 Å². The second-order valence-electron chi connectivity index (χ2n) is 9.72. The van der Waals surface area contributed by atoms with Crippen molar-refractivity contribution >= 4 is 57.3 Å². The summed E-state index contributed by atoms with van der Waals surface area (Å²) in [5.74, 6) is -1.13. The fourth-order valence-electron chi connectivity index (χ4n) is 4.97. The van der Waals surface area contributed by atoms with E-state index in [0.29, 0.717) is 39.9 Å². The van der Waals surface area contributed by atoms with Crippen LogP contribution in [0.3, 0.4) is 0 Å². The van der Waals surface area contributed by atoms with E-state index in [0.717, 1.165) is 12.8 Å². The first-order valence-corrected chi connectivity index (χ1v) is 13.1. The number of aromatic nitrogens is 1. The van der Waals surface area contributed by atoms with Gasteiger partial charge in [-0.05, 0) is 50.5 Å². The monoisotopic (exact) mass is 550 g/mol. The zero-order valence-electron chi connectivity index (χ0n) is 19.9. The van der Waals surface area contributed by atoms with Gasteiger partial charge < -0.3 is 20.1 Å². The highest BCUT2D eigenvalue weighted by Crippen LogP contribution is 2.42. The first kappa shape index (κ1) is 25.3. The van der Waals surface area contributed by atoms with Gasteiger partial charge in [0.25, 0.3) is 5.91 Å². The van der Waals surface area contributed by atoms with Gasteiger partial charge in [-0.3, -0.25) is 9.59 Å². The first-order chi connectivity index (χ1) is 17.1. The number of rotatable bonds is 5. The van der Waals surface area contributed by atoms with E-state index in [2.05, 4.69) is 10.6 Å². The molecule has 190 valence electrons. The number of pyridine rings is 1. The van der Waals surface area contributed by atoms with E-state index in [4.69, 9.17) is 34.8 Å². The van der Waals surface area contributed by atoms with Crippen LogP contribution < -0.4 is 21.0 Å². The summed E-state index contributed by atoms with van der Waals surface area (Å²) in [7, 11) is 0. The Balaban J connectivity index is 1.55. The van der Waals surface area contributed by atoms with Gasteiger partial charge in [0, 0.05) is 54.0 Å². The summed E-state index contributed by atoms with van der Waals surface area (Å²) in [6, 6.07) is 6.61. The van der Waals surface area contributed by atoms with Crippen molar-refractivity contribution in [2.24, 2.45) is 0 Å². The smallest absolute Gasteiger partial charge is 0.257 e. The van der Waals surface area contributed by atoms with Crippen molar-refractivity contribution in [3.05, 3.63) is 72.7 Å². The molecule has 5 rings (SSSR count). The van der Waals surface area contributed by atoms with Crippen LogP contribution in [-0.4, -0.2) is 35.6 Å². The molecule has 0 radical (unpaired) electrons. The maximum Gasteiger partial charge on any atom is 0.257 e. The van der Waals surface area contributed by atoms with Gasteiger partial charge in [-0.15, -0.1) is 0 Å². The molecule has 2 aliphatic rings. The first-order valence-electron chi connectivity index (χ1n) is 11.9. The average molecular weight is 552 g/mol. The number of piperazine rings is 1. The number of carbonyl (C=O) groups excluding carboxylic acids is 1. The van der Waals surface area contributed by atoms with Crippen molar-refractivity contribution < 1.29 is 9.18 Å². The lowest BCUT2D eigenvalue weighted by Gasteiger charge is -2.38. The molecule has 1 saturated heterocycles. The number of halogens is 4. The number of hydrogen-bond acceptors (Lipinski definition) is 4. The fraction of sp³-hybridized carbons (Fsp3) is 0.385. The van der Waals surface area contributed by atoms with E-state index in [1.807, 2.05) is 23.3 Å². The number of benzene rings is 2. The van der Waals surface area contributed by atoms with E-state index in [-0.39, 0.29) is 40.6 Å². The van der Waals surface area contributed by atoms with Gasteiger partial charge >= 0.3 is 0 Å². The van der Waals surface area contributed by atoms with E-state index in [1.165, 1.54) is 6.07 Å². The van der Waals surface area contributed by atoms with E-state index >= 15 is 4.39 Å². The molecule has 36 heavy (non-hydrogen) atoms. The molecular weight excluding hydrogens is 526 g/mol. The Labute approximate surface area is 223 Å². The second-order valence-corrected chi connectivity index (χ2v) is 10.9. The molecule has 10 heteroatoms. The molecule has 0 unspecified atom stereocenters. The molecule has 1 aromatic heterocycles. The Bertz CT molecular complexity index is 1410. The highest BCUT2D eigenvalue weighted by molar-refractivity contribution is 6.38. The van der Waals surface area contributed by atoms with Crippen LogP contribution in [0.4, 0.5) is 10.1 Å². The van der Waals surface area contributed by atoms with Crippen LogP contribution in [0.15, 0.2) is 35.3 Å². The van der Waals surface area contributed by atoms with E-state index in [9.17, 15) is 9.59 Å². The number of fused-ring (bicyclic) bond motifs is 1. The Hall–Kier alpha value is -2.32. The van der Waals surface area contributed by atoms with Crippen molar-refractivity contribution in [1.82, 2.24) is 15.2 Å². The number of hydrogen-bond donors (Lipinski definition) is 2. The Morgan fingerprint density at radius 2 is 1.83 bits per heavy atom. The molecule has 1 amide bonds. The van der Waals surface area contributed by atoms with Crippen LogP contribution >= 0.6 is 34.8 Å². The summed E-state index contributed by atoms with van der Waals surface area (Å²) in [4.78, 5) is 28.4. The molecule has 2 N–H and O–H groups in total. The van der Waals surface area contributed by atoms with Gasteiger partial charge in [-0.25, -0.2) is 4.39 Å². The van der Waals surface area contributed by atoms with Crippen molar-refractivity contribution in [1.29, 1.82) is 0 Å². The SMILES string of the molecule is C[C@@H]1CN(c2c(F)cc3c(=O)c(C(=O)NCc4ccc(Cl)cc4Cl)cn(C4CC4)c3c2Cl)C[C@H](C)N1. The third-order valence-electron chi connectivity index (χ3n) is 6.70. The highest BCUT2D eigenvalue weighted by Gasteiger charge is 2.32. The van der Waals surface area contributed by atoms with Crippen molar-refractivity contribution in [2.45, 2.75) is 51.4 Å². The molecule has 1 aliphatic carbocycles. The quantitative estimate of drug-likeness (QED) is 0.436. The summed E-state index contributed by atoms with van der Waals surface area (Å²) >= 11 is 19.0. The van der Waals surface area contributed by atoms with Crippen LogP contribution in [0, 0.1) is 5.82 Å². The topological polar surface area (TPSA) is 66.4 Å². The molecule has 2 aromatic carbocycles. The van der Waals surface area contributed by atoms with Crippen molar-refractivity contribution in [2.75, 3.05) is 18.0 Å². The lowest BCUT2D eigenvalue weighted by atomic mass is 10.1. The summed E-state index contributed by atoms with van der Waals surface area (Å²) in [6.45, 7) is 5.38. The van der Waals surface area contributed by atoms with Crippen LogP contribution in [-0.2, 0) is 6.54 Å². The predicted molar refractivity (Wildman–Crippen MR) is 143 cm³/mol. The molecule has 2 fully saturated rings. The van der Waals surface area contributed by atoms with E-state index in [1.54, 1.807) is 24.4 Å². The summed E-state index contributed by atoms with van der Waals surface area (Å²) < 4.78 is 17.4. The molecule has 2 atom stereocenters. The number of nitrogens with one attached hydrogen (secondary N) is 2.